The van der Waals surface area contributed by atoms with E-state index in [-0.39, 0.29) is 12.0 Å². The summed E-state index contributed by atoms with van der Waals surface area (Å²) >= 11 is 0. The van der Waals surface area contributed by atoms with E-state index >= 15 is 0 Å². The van der Waals surface area contributed by atoms with Gasteiger partial charge in [0, 0.05) is 18.8 Å². The van der Waals surface area contributed by atoms with Crippen LogP contribution in [0.5, 0.6) is 0 Å². The summed E-state index contributed by atoms with van der Waals surface area (Å²) in [5.41, 5.74) is 7.32. The number of hydrogen-bond donors (Lipinski definition) is 2. The van der Waals surface area contributed by atoms with E-state index in [1.165, 1.54) is 0 Å². The second-order valence-electron chi connectivity index (χ2n) is 5.50. The van der Waals surface area contributed by atoms with Gasteiger partial charge in [-0.2, -0.15) is 0 Å². The molecule has 1 fully saturated rings. The fourth-order valence-corrected chi connectivity index (χ4v) is 2.49. The highest BCUT2D eigenvalue weighted by atomic mass is 16.5. The fourth-order valence-electron chi connectivity index (χ4n) is 2.49. The molecule has 0 aromatic heterocycles. The molecule has 0 bridgehead atoms. The van der Waals surface area contributed by atoms with E-state index in [4.69, 9.17) is 19.9 Å². The third-order valence-electron chi connectivity index (χ3n) is 3.70. The number of anilines is 1. The number of carbonyl (C=O) groups is 1. The highest BCUT2D eigenvalue weighted by molar-refractivity contribution is 5.94. The second kappa shape index (κ2) is 9.62. The Kier molecular flexibility index (Phi) is 7.48. The monoisotopic (exact) mass is 322 g/mol. The van der Waals surface area contributed by atoms with Crippen LogP contribution >= 0.6 is 0 Å². The van der Waals surface area contributed by atoms with Gasteiger partial charge in [-0.25, -0.2) is 0 Å². The lowest BCUT2D eigenvalue weighted by Gasteiger charge is -2.13. The molecule has 1 saturated heterocycles. The van der Waals surface area contributed by atoms with Crippen LogP contribution < -0.4 is 11.1 Å². The minimum Gasteiger partial charge on any atom is -0.379 e. The number of carbonyl (C=O) groups excluding carboxylic acids is 1. The molecule has 1 heterocycles. The first kappa shape index (κ1) is 17.9. The van der Waals surface area contributed by atoms with E-state index in [2.05, 4.69) is 5.32 Å². The minimum atomic E-state index is -0.408. The van der Waals surface area contributed by atoms with Crippen LogP contribution in [0.1, 0.15) is 25.3 Å². The van der Waals surface area contributed by atoms with Crippen molar-refractivity contribution in [2.45, 2.75) is 38.6 Å². The van der Waals surface area contributed by atoms with E-state index in [0.29, 0.717) is 39.4 Å². The molecule has 3 N–H and O–H groups in total. The zero-order chi connectivity index (χ0) is 16.5. The van der Waals surface area contributed by atoms with Crippen LogP contribution in [0, 0.1) is 0 Å². The average molecular weight is 322 g/mol. The lowest BCUT2D eigenvalue weighted by atomic mass is 10.1. The number of nitrogens with one attached hydrogen (secondary N) is 1. The van der Waals surface area contributed by atoms with E-state index < -0.39 is 6.10 Å². The van der Waals surface area contributed by atoms with Crippen molar-refractivity contribution in [3.05, 3.63) is 29.8 Å². The molecule has 1 aromatic rings. The van der Waals surface area contributed by atoms with Gasteiger partial charge in [0.05, 0.1) is 25.9 Å². The first-order valence-corrected chi connectivity index (χ1v) is 8.13. The summed E-state index contributed by atoms with van der Waals surface area (Å²) in [4.78, 5) is 12.2. The maximum Gasteiger partial charge on any atom is 0.253 e. The number of hydrogen-bond acceptors (Lipinski definition) is 5. The lowest BCUT2D eigenvalue weighted by molar-refractivity contribution is -0.126. The van der Waals surface area contributed by atoms with Gasteiger partial charge >= 0.3 is 0 Å². The van der Waals surface area contributed by atoms with E-state index in [1.54, 1.807) is 0 Å². The molecule has 1 aliphatic rings. The van der Waals surface area contributed by atoms with E-state index in [0.717, 1.165) is 17.7 Å². The van der Waals surface area contributed by atoms with Crippen molar-refractivity contribution in [2.24, 2.45) is 5.73 Å². The first-order valence-electron chi connectivity index (χ1n) is 8.13. The van der Waals surface area contributed by atoms with Gasteiger partial charge in [0.2, 0.25) is 0 Å². The third-order valence-corrected chi connectivity index (χ3v) is 3.70. The SMILES string of the molecule is CCOCCOCc1cccc(NC(=O)[C@@H]2CC[C@H](CN)O2)c1. The second-order valence-corrected chi connectivity index (χ2v) is 5.50. The van der Waals surface area contributed by atoms with Gasteiger partial charge in [-0.15, -0.1) is 0 Å². The van der Waals surface area contributed by atoms with Crippen molar-refractivity contribution in [3.63, 3.8) is 0 Å². The van der Waals surface area contributed by atoms with Crippen molar-refractivity contribution in [1.29, 1.82) is 0 Å². The Morgan fingerprint density at radius 3 is 2.91 bits per heavy atom. The number of benzene rings is 1. The van der Waals surface area contributed by atoms with Gasteiger partial charge in [0.15, 0.2) is 0 Å². The summed E-state index contributed by atoms with van der Waals surface area (Å²) in [7, 11) is 0. The van der Waals surface area contributed by atoms with Crippen molar-refractivity contribution in [1.82, 2.24) is 0 Å². The number of nitrogens with two attached hydrogens (primary N) is 1. The Labute approximate surface area is 137 Å². The maximum absolute atomic E-state index is 12.2. The van der Waals surface area contributed by atoms with Crippen molar-refractivity contribution in [3.8, 4) is 0 Å². The van der Waals surface area contributed by atoms with Gasteiger partial charge in [0.1, 0.15) is 6.10 Å². The van der Waals surface area contributed by atoms with E-state index in [9.17, 15) is 4.79 Å². The summed E-state index contributed by atoms with van der Waals surface area (Å²) in [6.07, 6.45) is 1.14. The summed E-state index contributed by atoms with van der Waals surface area (Å²) < 4.78 is 16.4. The summed E-state index contributed by atoms with van der Waals surface area (Å²) in [6, 6.07) is 7.63. The maximum atomic E-state index is 12.2. The molecule has 1 amide bonds. The summed E-state index contributed by atoms with van der Waals surface area (Å²) in [5.74, 6) is -0.115. The molecule has 6 heteroatoms. The lowest BCUT2D eigenvalue weighted by Crippen LogP contribution is -2.29. The van der Waals surface area contributed by atoms with Crippen LogP contribution in [0.15, 0.2) is 24.3 Å². The predicted octanol–water partition coefficient (Wildman–Crippen LogP) is 1.68. The Morgan fingerprint density at radius 2 is 2.17 bits per heavy atom. The predicted molar refractivity (Wildman–Crippen MR) is 88.2 cm³/mol. The molecule has 128 valence electrons. The first-order chi connectivity index (χ1) is 11.2. The molecule has 1 aliphatic heterocycles. The fraction of sp³-hybridized carbons (Fsp3) is 0.588. The normalized spacial score (nSPS) is 20.6. The van der Waals surface area contributed by atoms with Crippen LogP contribution in [0.25, 0.3) is 0 Å². The Bertz CT molecular complexity index is 495. The van der Waals surface area contributed by atoms with Crippen LogP contribution in [0.3, 0.4) is 0 Å². The van der Waals surface area contributed by atoms with Crippen molar-refractivity contribution in [2.75, 3.05) is 31.7 Å². The molecule has 0 unspecified atom stereocenters. The van der Waals surface area contributed by atoms with Crippen LogP contribution in [0.2, 0.25) is 0 Å². The highest BCUT2D eigenvalue weighted by Crippen LogP contribution is 2.21. The molecule has 0 aliphatic carbocycles. The molecule has 1 aromatic carbocycles. The summed E-state index contributed by atoms with van der Waals surface area (Å²) in [5, 5.41) is 2.89. The van der Waals surface area contributed by atoms with Gasteiger partial charge in [-0.05, 0) is 37.5 Å². The van der Waals surface area contributed by atoms with E-state index in [1.807, 2.05) is 31.2 Å². The smallest absolute Gasteiger partial charge is 0.253 e. The molecule has 0 radical (unpaired) electrons. The Hall–Kier alpha value is -1.47. The Balaban J connectivity index is 1.79. The zero-order valence-electron chi connectivity index (χ0n) is 13.6. The molecule has 0 saturated carbocycles. The molecule has 0 spiro atoms. The minimum absolute atomic E-state index is 0.00387. The molecular weight excluding hydrogens is 296 g/mol. The van der Waals surface area contributed by atoms with Crippen LogP contribution in [-0.4, -0.2) is 44.5 Å². The Morgan fingerprint density at radius 1 is 1.35 bits per heavy atom. The van der Waals surface area contributed by atoms with Gasteiger partial charge in [0.25, 0.3) is 5.91 Å². The highest BCUT2D eigenvalue weighted by Gasteiger charge is 2.29. The zero-order valence-corrected chi connectivity index (χ0v) is 13.6. The third kappa shape index (κ3) is 5.91. The number of rotatable bonds is 9. The standard InChI is InChI=1S/C17H26N2O4/c1-2-21-8-9-22-12-13-4-3-5-14(10-13)19-17(20)16-7-6-15(11-18)23-16/h3-5,10,15-16H,2,6-9,11-12,18H2,1H3,(H,19,20)/t15-,16+/m1/s1. The van der Waals surface area contributed by atoms with Gasteiger partial charge in [-0.3, -0.25) is 4.79 Å². The largest absolute Gasteiger partial charge is 0.379 e. The van der Waals surface area contributed by atoms with Crippen LogP contribution in [0.4, 0.5) is 5.69 Å². The molecular formula is C17H26N2O4. The molecule has 2 atom stereocenters. The average Bonchev–Trinajstić information content (AvgIpc) is 3.04. The molecule has 6 nitrogen and oxygen atoms in total. The van der Waals surface area contributed by atoms with Crippen molar-refractivity contribution >= 4 is 11.6 Å². The number of ether oxygens (including phenoxy) is 3. The van der Waals surface area contributed by atoms with Gasteiger partial charge in [-0.1, -0.05) is 12.1 Å². The summed E-state index contributed by atoms with van der Waals surface area (Å²) in [6.45, 7) is 4.74. The molecule has 2 rings (SSSR count). The molecule has 23 heavy (non-hydrogen) atoms. The number of amides is 1. The van der Waals surface area contributed by atoms with Crippen molar-refractivity contribution < 1.29 is 19.0 Å². The van der Waals surface area contributed by atoms with Gasteiger partial charge < -0.3 is 25.3 Å². The van der Waals surface area contributed by atoms with Crippen LogP contribution in [-0.2, 0) is 25.6 Å². The topological polar surface area (TPSA) is 82.8 Å². The quantitative estimate of drug-likeness (QED) is 0.676.